The molecular formula is C16H14ClNO2. The van der Waals surface area contributed by atoms with Crippen LogP contribution in [0.3, 0.4) is 0 Å². The van der Waals surface area contributed by atoms with Crippen LogP contribution < -0.4 is 10.1 Å². The van der Waals surface area contributed by atoms with Gasteiger partial charge in [0.05, 0.1) is 5.56 Å². The molecule has 0 radical (unpaired) electrons. The van der Waals surface area contributed by atoms with Crippen molar-refractivity contribution in [3.8, 4) is 5.75 Å². The number of benzene rings is 2. The molecule has 102 valence electrons. The molecule has 3 nitrogen and oxygen atoms in total. The second-order valence-corrected chi connectivity index (χ2v) is 4.66. The molecule has 0 saturated heterocycles. The van der Waals surface area contributed by atoms with Crippen molar-refractivity contribution in [3.05, 3.63) is 71.8 Å². The van der Waals surface area contributed by atoms with Gasteiger partial charge in [0.25, 0.3) is 5.91 Å². The number of halogens is 1. The second-order valence-electron chi connectivity index (χ2n) is 4.12. The zero-order chi connectivity index (χ0) is 14.4. The highest BCUT2D eigenvalue weighted by atomic mass is 35.5. The summed E-state index contributed by atoms with van der Waals surface area (Å²) in [6.07, 6.45) is 0. The first-order valence-corrected chi connectivity index (χ1v) is 6.46. The van der Waals surface area contributed by atoms with Crippen LogP contribution in [0.4, 0.5) is 5.69 Å². The lowest BCUT2D eigenvalue weighted by molar-refractivity contribution is 0.102. The van der Waals surface area contributed by atoms with Crippen molar-refractivity contribution >= 4 is 23.2 Å². The molecule has 0 unspecified atom stereocenters. The van der Waals surface area contributed by atoms with Crippen molar-refractivity contribution in [2.45, 2.75) is 0 Å². The Kier molecular flexibility index (Phi) is 4.80. The Labute approximate surface area is 122 Å². The van der Waals surface area contributed by atoms with E-state index in [4.69, 9.17) is 16.3 Å². The molecule has 4 heteroatoms. The van der Waals surface area contributed by atoms with Gasteiger partial charge in [0.1, 0.15) is 12.4 Å². The van der Waals surface area contributed by atoms with Crippen LogP contribution in [0, 0.1) is 0 Å². The van der Waals surface area contributed by atoms with E-state index in [9.17, 15) is 4.79 Å². The maximum absolute atomic E-state index is 12.2. The highest BCUT2D eigenvalue weighted by Crippen LogP contribution is 2.20. The summed E-state index contributed by atoms with van der Waals surface area (Å²) in [7, 11) is 0. The zero-order valence-corrected chi connectivity index (χ0v) is 11.6. The third kappa shape index (κ3) is 3.87. The summed E-state index contributed by atoms with van der Waals surface area (Å²) in [4.78, 5) is 12.2. The van der Waals surface area contributed by atoms with Crippen molar-refractivity contribution in [2.75, 3.05) is 11.9 Å². The average Bonchev–Trinajstić information content (AvgIpc) is 2.46. The number of hydrogen-bond acceptors (Lipinski definition) is 2. The minimum Gasteiger partial charge on any atom is -0.487 e. The molecule has 2 aromatic rings. The van der Waals surface area contributed by atoms with Gasteiger partial charge in [-0.2, -0.15) is 0 Å². The van der Waals surface area contributed by atoms with Gasteiger partial charge in [0.15, 0.2) is 0 Å². The third-order valence-corrected chi connectivity index (χ3v) is 2.66. The van der Waals surface area contributed by atoms with E-state index in [1.54, 1.807) is 24.3 Å². The molecule has 0 saturated carbocycles. The molecule has 0 bridgehead atoms. The summed E-state index contributed by atoms with van der Waals surface area (Å²) in [6, 6.07) is 16.2. The summed E-state index contributed by atoms with van der Waals surface area (Å²) in [6.45, 7) is 3.72. The molecule has 0 aromatic heterocycles. The molecule has 1 amide bonds. The lowest BCUT2D eigenvalue weighted by Crippen LogP contribution is -2.13. The number of para-hydroxylation sites is 2. The minimum atomic E-state index is -0.230. The van der Waals surface area contributed by atoms with Crippen LogP contribution >= 0.6 is 11.6 Å². The van der Waals surface area contributed by atoms with Crippen LogP contribution in [0.2, 0.25) is 0 Å². The highest BCUT2D eigenvalue weighted by Gasteiger charge is 2.12. The molecule has 0 heterocycles. The van der Waals surface area contributed by atoms with E-state index in [0.29, 0.717) is 16.3 Å². The van der Waals surface area contributed by atoms with E-state index in [-0.39, 0.29) is 12.5 Å². The molecule has 0 aliphatic carbocycles. The second kappa shape index (κ2) is 6.78. The smallest absolute Gasteiger partial charge is 0.259 e. The van der Waals surface area contributed by atoms with Gasteiger partial charge in [-0.1, -0.05) is 48.5 Å². The van der Waals surface area contributed by atoms with E-state index >= 15 is 0 Å². The summed E-state index contributed by atoms with van der Waals surface area (Å²) >= 11 is 5.67. The van der Waals surface area contributed by atoms with Gasteiger partial charge < -0.3 is 10.1 Å². The first kappa shape index (κ1) is 14.2. The molecule has 0 atom stereocenters. The number of carbonyl (C=O) groups excluding carboxylic acids is 1. The van der Waals surface area contributed by atoms with Crippen LogP contribution in [-0.2, 0) is 0 Å². The summed E-state index contributed by atoms with van der Waals surface area (Å²) < 4.78 is 5.47. The Balaban J connectivity index is 2.15. The molecule has 0 fully saturated rings. The Bertz CT molecular complexity index is 611. The van der Waals surface area contributed by atoms with Gasteiger partial charge in [-0.05, 0) is 24.3 Å². The Morgan fingerprint density at radius 1 is 1.10 bits per heavy atom. The molecule has 2 aromatic carbocycles. The number of hydrogen-bond donors (Lipinski definition) is 1. The molecule has 0 aliphatic heterocycles. The number of ether oxygens (including phenoxy) is 1. The van der Waals surface area contributed by atoms with Crippen LogP contribution in [0.25, 0.3) is 0 Å². The van der Waals surface area contributed by atoms with E-state index in [1.807, 2.05) is 30.3 Å². The summed E-state index contributed by atoms with van der Waals surface area (Å²) in [5.41, 5.74) is 1.18. The van der Waals surface area contributed by atoms with Crippen molar-refractivity contribution < 1.29 is 9.53 Å². The van der Waals surface area contributed by atoms with E-state index in [0.717, 1.165) is 5.69 Å². The summed E-state index contributed by atoms with van der Waals surface area (Å²) in [5.74, 6) is 0.245. The highest BCUT2D eigenvalue weighted by molar-refractivity contribution is 6.29. The Morgan fingerprint density at radius 3 is 2.45 bits per heavy atom. The first-order valence-electron chi connectivity index (χ1n) is 6.08. The van der Waals surface area contributed by atoms with Crippen molar-refractivity contribution in [2.24, 2.45) is 0 Å². The van der Waals surface area contributed by atoms with Crippen LogP contribution in [0.1, 0.15) is 10.4 Å². The quantitative estimate of drug-likeness (QED) is 0.900. The molecule has 20 heavy (non-hydrogen) atoms. The van der Waals surface area contributed by atoms with Crippen LogP contribution in [0.5, 0.6) is 5.75 Å². The largest absolute Gasteiger partial charge is 0.487 e. The molecule has 1 N–H and O–H groups in total. The average molecular weight is 288 g/mol. The molecule has 0 spiro atoms. The van der Waals surface area contributed by atoms with Gasteiger partial charge >= 0.3 is 0 Å². The fraction of sp³-hybridized carbons (Fsp3) is 0.0625. The van der Waals surface area contributed by atoms with E-state index in [2.05, 4.69) is 11.9 Å². The molecular weight excluding hydrogens is 274 g/mol. The van der Waals surface area contributed by atoms with Crippen molar-refractivity contribution in [1.29, 1.82) is 0 Å². The fourth-order valence-corrected chi connectivity index (χ4v) is 1.71. The lowest BCUT2D eigenvalue weighted by atomic mass is 10.2. The maximum Gasteiger partial charge on any atom is 0.259 e. The number of nitrogens with one attached hydrogen (secondary N) is 1. The number of amides is 1. The van der Waals surface area contributed by atoms with Gasteiger partial charge in [0, 0.05) is 10.7 Å². The van der Waals surface area contributed by atoms with E-state index in [1.165, 1.54) is 0 Å². The Hall–Kier alpha value is -2.26. The van der Waals surface area contributed by atoms with Crippen LogP contribution in [0.15, 0.2) is 66.2 Å². The summed E-state index contributed by atoms with van der Waals surface area (Å²) in [5, 5.41) is 3.19. The topological polar surface area (TPSA) is 38.3 Å². The SMILES string of the molecule is C=C(Cl)COc1ccccc1C(=O)Nc1ccccc1. The maximum atomic E-state index is 12.2. The molecule has 2 rings (SSSR count). The Morgan fingerprint density at radius 2 is 1.75 bits per heavy atom. The molecule has 0 aliphatic rings. The standard InChI is InChI=1S/C16H14ClNO2/c1-12(17)11-20-15-10-6-5-9-14(15)16(19)18-13-7-3-2-4-8-13/h2-10H,1,11H2,(H,18,19). The van der Waals surface area contributed by atoms with E-state index < -0.39 is 0 Å². The first-order chi connectivity index (χ1) is 9.66. The van der Waals surface area contributed by atoms with Gasteiger partial charge in [0.2, 0.25) is 0 Å². The van der Waals surface area contributed by atoms with Gasteiger partial charge in [-0.25, -0.2) is 0 Å². The number of carbonyl (C=O) groups is 1. The van der Waals surface area contributed by atoms with Crippen LogP contribution in [-0.4, -0.2) is 12.5 Å². The monoisotopic (exact) mass is 287 g/mol. The lowest BCUT2D eigenvalue weighted by Gasteiger charge is -2.11. The normalized spacial score (nSPS) is 9.85. The number of rotatable bonds is 5. The predicted molar refractivity (Wildman–Crippen MR) is 81.3 cm³/mol. The van der Waals surface area contributed by atoms with Gasteiger partial charge in [-0.15, -0.1) is 0 Å². The van der Waals surface area contributed by atoms with Crippen molar-refractivity contribution in [1.82, 2.24) is 0 Å². The third-order valence-electron chi connectivity index (χ3n) is 2.55. The number of anilines is 1. The van der Waals surface area contributed by atoms with Gasteiger partial charge in [-0.3, -0.25) is 4.79 Å². The predicted octanol–water partition coefficient (Wildman–Crippen LogP) is 4.07. The minimum absolute atomic E-state index is 0.164. The van der Waals surface area contributed by atoms with Crippen molar-refractivity contribution in [3.63, 3.8) is 0 Å². The zero-order valence-electron chi connectivity index (χ0n) is 10.8. The fourth-order valence-electron chi connectivity index (χ4n) is 1.66.